The van der Waals surface area contributed by atoms with Crippen LogP contribution in [0.3, 0.4) is 0 Å². The lowest BCUT2D eigenvalue weighted by atomic mass is 9.63. The van der Waals surface area contributed by atoms with Crippen LogP contribution in [0.4, 0.5) is 0 Å². The van der Waals surface area contributed by atoms with Crippen molar-refractivity contribution in [3.63, 3.8) is 0 Å². The monoisotopic (exact) mass is 510 g/mol. The van der Waals surface area contributed by atoms with Crippen LogP contribution in [0.5, 0.6) is 0 Å². The molecule has 0 spiro atoms. The summed E-state index contributed by atoms with van der Waals surface area (Å²) in [5.74, 6) is 2.34. The summed E-state index contributed by atoms with van der Waals surface area (Å²) in [6, 6.07) is 0. The van der Waals surface area contributed by atoms with Crippen molar-refractivity contribution in [2.24, 2.45) is 17.3 Å². The van der Waals surface area contributed by atoms with Gasteiger partial charge in [-0.1, -0.05) is 51.0 Å². The highest BCUT2D eigenvalue weighted by atomic mass is 32.2. The maximum Gasteiger partial charge on any atom is 0.110 e. The Balaban J connectivity index is 1.62. The van der Waals surface area contributed by atoms with E-state index in [9.17, 15) is 15.3 Å². The fourth-order valence-electron chi connectivity index (χ4n) is 7.09. The smallest absolute Gasteiger partial charge is 0.110 e. The van der Waals surface area contributed by atoms with Gasteiger partial charge in [-0.15, -0.1) is 0 Å². The highest BCUT2D eigenvalue weighted by Crippen LogP contribution is 2.59. The fraction of sp³-hybridized carbons (Fsp3) is 0.862. The van der Waals surface area contributed by atoms with Gasteiger partial charge in [-0.05, 0) is 87.2 Å². The Labute approximate surface area is 217 Å². The van der Waals surface area contributed by atoms with Crippen LogP contribution in [0.2, 0.25) is 0 Å². The zero-order chi connectivity index (χ0) is 25.6. The Bertz CT molecular complexity index is 719. The lowest BCUT2D eigenvalue weighted by Crippen LogP contribution is -2.44. The van der Waals surface area contributed by atoms with E-state index in [0.717, 1.165) is 37.0 Å². The number of aliphatic hydroxyl groups excluding tert-OH is 3. The average Bonchev–Trinajstić information content (AvgIpc) is 3.19. The second-order valence-corrected chi connectivity index (χ2v) is 13.0. The zero-order valence-corrected chi connectivity index (χ0v) is 23.2. The number of rotatable bonds is 11. The van der Waals surface area contributed by atoms with Gasteiger partial charge in [0.2, 0.25) is 0 Å². The molecule has 202 valence electrons. The van der Waals surface area contributed by atoms with Gasteiger partial charge in [0, 0.05) is 5.25 Å². The minimum atomic E-state index is -0.738. The van der Waals surface area contributed by atoms with Crippen molar-refractivity contribution < 1.29 is 25.2 Å². The Kier molecular flexibility index (Phi) is 10.8. The second-order valence-electron chi connectivity index (χ2n) is 11.5. The van der Waals surface area contributed by atoms with E-state index < -0.39 is 23.9 Å². The van der Waals surface area contributed by atoms with Crippen LogP contribution in [0, 0.1) is 17.3 Å². The van der Waals surface area contributed by atoms with E-state index in [2.05, 4.69) is 51.6 Å². The third-order valence-corrected chi connectivity index (χ3v) is 10.8. The molecule has 0 saturated heterocycles. The van der Waals surface area contributed by atoms with Gasteiger partial charge in [-0.25, -0.2) is 0 Å². The van der Waals surface area contributed by atoms with Gasteiger partial charge in [-0.3, -0.25) is 0 Å². The van der Waals surface area contributed by atoms with Crippen molar-refractivity contribution >= 4 is 11.8 Å². The van der Waals surface area contributed by atoms with Gasteiger partial charge < -0.3 is 25.2 Å². The molecule has 0 aliphatic heterocycles. The molecule has 0 bridgehead atoms. The molecule has 35 heavy (non-hydrogen) atoms. The predicted octanol–water partition coefficient (Wildman–Crippen LogP) is 5.01. The summed E-state index contributed by atoms with van der Waals surface area (Å²) in [5, 5.41) is 41.2. The molecule has 0 heterocycles. The third-order valence-electron chi connectivity index (χ3n) is 9.50. The molecule has 4 N–H and O–H groups in total. The fourth-order valence-corrected chi connectivity index (χ4v) is 8.64. The topological polar surface area (TPSA) is 90.2 Å². The van der Waals surface area contributed by atoms with Crippen molar-refractivity contribution in [3.8, 4) is 0 Å². The minimum Gasteiger partial charge on any atom is -0.394 e. The normalized spacial score (nSPS) is 37.1. The van der Waals surface area contributed by atoms with Gasteiger partial charge in [0.15, 0.2) is 0 Å². The van der Waals surface area contributed by atoms with Crippen molar-refractivity contribution in [2.45, 2.75) is 121 Å². The van der Waals surface area contributed by atoms with Crippen LogP contribution < -0.4 is 0 Å². The molecule has 3 rings (SSSR count). The lowest BCUT2D eigenvalue weighted by Gasteiger charge is -2.44. The number of hydrogen-bond donors (Lipinski definition) is 4. The molecule has 0 amide bonds. The zero-order valence-electron chi connectivity index (χ0n) is 22.4. The molecular formula is C29H50O5S. The van der Waals surface area contributed by atoms with Gasteiger partial charge in [0.1, 0.15) is 6.10 Å². The molecule has 3 fully saturated rings. The Hall–Kier alpha value is -0.370. The van der Waals surface area contributed by atoms with Crippen LogP contribution in [-0.4, -0.2) is 68.6 Å². The first kappa shape index (κ1) is 29.2. The third kappa shape index (κ3) is 6.94. The summed E-state index contributed by atoms with van der Waals surface area (Å²) in [5.41, 5.74) is 2.44. The molecule has 6 heteroatoms. The second kappa shape index (κ2) is 12.9. The molecule has 7 atom stereocenters. The molecule has 0 aromatic carbocycles. The summed E-state index contributed by atoms with van der Waals surface area (Å²) in [6.07, 6.45) is 12.1. The summed E-state index contributed by atoms with van der Waals surface area (Å²) >= 11 is 2.05. The summed E-state index contributed by atoms with van der Waals surface area (Å²) < 4.78 is 5.45. The van der Waals surface area contributed by atoms with E-state index in [-0.39, 0.29) is 13.2 Å². The number of aliphatic hydroxyl groups is 4. The standard InChI is InChI=1S/C29H50O5S/c1-5-29(33,6-2)14-17-35-20(3)23-11-12-24-22(8-7-13-28(23,24)4)10-9-21-18-25(31)27(26(32)19-21)34-16-15-30/h9-10,20,23-27,30-33H,5-8,11-19H2,1-4H3/b21-9?,22-10+/t20-,23-,24+,25-,26?,27?,28-/m1/s1. The highest BCUT2D eigenvalue weighted by molar-refractivity contribution is 7.99. The predicted molar refractivity (Wildman–Crippen MR) is 144 cm³/mol. The van der Waals surface area contributed by atoms with Crippen molar-refractivity contribution in [3.05, 3.63) is 23.3 Å². The van der Waals surface area contributed by atoms with E-state index >= 15 is 0 Å². The number of hydrogen-bond acceptors (Lipinski definition) is 6. The van der Waals surface area contributed by atoms with E-state index in [1.54, 1.807) is 5.57 Å². The first-order chi connectivity index (χ1) is 16.7. The Morgan fingerprint density at radius 2 is 1.83 bits per heavy atom. The van der Waals surface area contributed by atoms with E-state index in [1.807, 2.05) is 0 Å². The maximum atomic E-state index is 10.7. The molecule has 0 radical (unpaired) electrons. The molecule has 3 aliphatic carbocycles. The Morgan fingerprint density at radius 3 is 2.46 bits per heavy atom. The first-order valence-electron chi connectivity index (χ1n) is 14.0. The molecule has 0 aromatic heterocycles. The van der Waals surface area contributed by atoms with E-state index in [1.165, 1.54) is 25.7 Å². The largest absolute Gasteiger partial charge is 0.394 e. The summed E-state index contributed by atoms with van der Waals surface area (Å²) in [7, 11) is 0. The summed E-state index contributed by atoms with van der Waals surface area (Å²) in [6.45, 7) is 9.12. The molecule has 0 aromatic rings. The Morgan fingerprint density at radius 1 is 1.14 bits per heavy atom. The number of thioether (sulfide) groups is 1. The van der Waals surface area contributed by atoms with Gasteiger partial charge >= 0.3 is 0 Å². The molecule has 5 nitrogen and oxygen atoms in total. The van der Waals surface area contributed by atoms with Crippen LogP contribution >= 0.6 is 11.8 Å². The van der Waals surface area contributed by atoms with Gasteiger partial charge in [-0.2, -0.15) is 11.8 Å². The van der Waals surface area contributed by atoms with Crippen molar-refractivity contribution in [2.75, 3.05) is 19.0 Å². The number of allylic oxidation sites excluding steroid dienone is 3. The quantitative estimate of drug-likeness (QED) is 0.312. The summed E-state index contributed by atoms with van der Waals surface area (Å²) in [4.78, 5) is 0. The van der Waals surface area contributed by atoms with E-state index in [4.69, 9.17) is 9.84 Å². The molecule has 3 saturated carbocycles. The van der Waals surface area contributed by atoms with Crippen LogP contribution in [0.15, 0.2) is 23.3 Å². The lowest BCUT2D eigenvalue weighted by molar-refractivity contribution is -0.115. The number of fused-ring (bicyclic) bond motifs is 1. The van der Waals surface area contributed by atoms with Gasteiger partial charge in [0.05, 0.1) is 31.0 Å². The first-order valence-corrected chi connectivity index (χ1v) is 15.0. The average molecular weight is 511 g/mol. The van der Waals surface area contributed by atoms with Crippen LogP contribution in [-0.2, 0) is 4.74 Å². The maximum absolute atomic E-state index is 10.7. The van der Waals surface area contributed by atoms with Crippen molar-refractivity contribution in [1.29, 1.82) is 0 Å². The number of ether oxygens (including phenoxy) is 1. The van der Waals surface area contributed by atoms with Crippen LogP contribution in [0.1, 0.15) is 91.9 Å². The molecule has 2 unspecified atom stereocenters. The van der Waals surface area contributed by atoms with Crippen LogP contribution in [0.25, 0.3) is 0 Å². The highest BCUT2D eigenvalue weighted by Gasteiger charge is 2.50. The molecule has 3 aliphatic rings. The SMILES string of the molecule is CCC(O)(CC)CCS[C@H](C)[C@H]1CC[C@H]2/C(=C/C=C3CC(O)C(OCCO)[C@H](O)C3)CCC[C@]12C. The minimum absolute atomic E-state index is 0.108. The molecular weight excluding hydrogens is 460 g/mol. The van der Waals surface area contributed by atoms with Gasteiger partial charge in [0.25, 0.3) is 0 Å². The van der Waals surface area contributed by atoms with E-state index in [0.29, 0.717) is 35.3 Å². The van der Waals surface area contributed by atoms with Crippen molar-refractivity contribution in [1.82, 2.24) is 0 Å².